The van der Waals surface area contributed by atoms with E-state index in [0.717, 1.165) is 39.4 Å². The molecular weight excluding hydrogens is 783 g/mol. The lowest BCUT2D eigenvalue weighted by Crippen LogP contribution is -2.31. The fourth-order valence-electron chi connectivity index (χ4n) is 9.09. The Labute approximate surface area is 370 Å². The summed E-state index contributed by atoms with van der Waals surface area (Å²) in [6.45, 7) is 0. The molecule has 0 radical (unpaired) electrons. The van der Waals surface area contributed by atoms with Crippen LogP contribution < -0.4 is 5.32 Å². The van der Waals surface area contributed by atoms with Crippen LogP contribution in [0.25, 0.3) is 92.2 Å². The van der Waals surface area contributed by atoms with E-state index in [1.54, 1.807) is 0 Å². The lowest BCUT2D eigenvalue weighted by atomic mass is 9.96. The topological polar surface area (TPSA) is 37.3 Å². The van der Waals surface area contributed by atoms with E-state index < -0.39 is 0 Å². The number of benzene rings is 9. The number of aromatic nitrogens is 1. The number of rotatable bonds is 7. The summed E-state index contributed by atoms with van der Waals surface area (Å²) in [6.07, 6.45) is 2.25. The minimum absolute atomic E-state index is 0.0612. The van der Waals surface area contributed by atoms with Crippen LogP contribution >= 0.6 is 11.3 Å². The first-order valence-electron chi connectivity index (χ1n) is 21.4. The SMILES string of the molecule is C1=C(c2ccc(-c3ccc4c(c3)sc3c4ccc4c(-c5ccccc5)nc5ccccc5c43)cc2)N=C(c2ccc(-c3ccccc3)cc2)NC1c1ccc(-c2ccccc2)cc1. The molecule has 0 saturated heterocycles. The Hall–Kier alpha value is -7.92. The highest BCUT2D eigenvalue weighted by Gasteiger charge is 2.21. The van der Waals surface area contributed by atoms with Gasteiger partial charge in [-0.25, -0.2) is 9.98 Å². The number of pyridine rings is 1. The fourth-order valence-corrected chi connectivity index (χ4v) is 10.4. The van der Waals surface area contributed by atoms with E-state index >= 15 is 0 Å². The predicted octanol–water partition coefficient (Wildman–Crippen LogP) is 15.6. The molecule has 4 heteroatoms. The van der Waals surface area contributed by atoms with Gasteiger partial charge in [-0.1, -0.05) is 206 Å². The number of hydrogen-bond acceptors (Lipinski definition) is 4. The molecule has 1 aliphatic rings. The molecule has 0 bridgehead atoms. The van der Waals surface area contributed by atoms with Crippen LogP contribution in [0.4, 0.5) is 0 Å². The maximum absolute atomic E-state index is 5.27. The van der Waals surface area contributed by atoms with Crippen LogP contribution in [0.3, 0.4) is 0 Å². The monoisotopic (exact) mass is 821 g/mol. The molecule has 63 heavy (non-hydrogen) atoms. The van der Waals surface area contributed by atoms with Crippen LogP contribution in [-0.2, 0) is 0 Å². The predicted molar refractivity (Wildman–Crippen MR) is 267 cm³/mol. The Morgan fingerprint density at radius 1 is 0.397 bits per heavy atom. The molecule has 2 aromatic heterocycles. The highest BCUT2D eigenvalue weighted by atomic mass is 32.1. The van der Waals surface area contributed by atoms with Gasteiger partial charge in [0, 0.05) is 47.5 Å². The van der Waals surface area contributed by atoms with Crippen molar-refractivity contribution >= 4 is 64.7 Å². The molecule has 3 heterocycles. The maximum atomic E-state index is 5.27. The van der Waals surface area contributed by atoms with Gasteiger partial charge in [-0.2, -0.15) is 0 Å². The summed E-state index contributed by atoms with van der Waals surface area (Å²) in [5.41, 5.74) is 14.6. The van der Waals surface area contributed by atoms with Crippen LogP contribution in [0.1, 0.15) is 22.7 Å². The van der Waals surface area contributed by atoms with Gasteiger partial charge in [0.1, 0.15) is 5.84 Å². The van der Waals surface area contributed by atoms with E-state index in [4.69, 9.17) is 9.98 Å². The zero-order valence-corrected chi connectivity index (χ0v) is 35.1. The summed E-state index contributed by atoms with van der Waals surface area (Å²) < 4.78 is 2.58. The normalized spacial score (nSPS) is 13.9. The molecule has 0 spiro atoms. The van der Waals surface area contributed by atoms with Crippen LogP contribution in [0.5, 0.6) is 0 Å². The number of nitrogens with one attached hydrogen (secondary N) is 1. The second-order valence-corrected chi connectivity index (χ2v) is 17.2. The highest BCUT2D eigenvalue weighted by Crippen LogP contribution is 2.44. The quantitative estimate of drug-likeness (QED) is 0.163. The van der Waals surface area contributed by atoms with Crippen LogP contribution in [0, 0.1) is 0 Å². The van der Waals surface area contributed by atoms with Gasteiger partial charge in [-0.3, -0.25) is 0 Å². The summed E-state index contributed by atoms with van der Waals surface area (Å²) in [4.78, 5) is 10.5. The summed E-state index contributed by atoms with van der Waals surface area (Å²) >= 11 is 1.88. The molecule has 1 unspecified atom stereocenters. The third kappa shape index (κ3) is 6.78. The van der Waals surface area contributed by atoms with E-state index in [1.165, 1.54) is 75.3 Å². The van der Waals surface area contributed by atoms with Crippen molar-refractivity contribution in [1.82, 2.24) is 10.3 Å². The summed E-state index contributed by atoms with van der Waals surface area (Å²) in [5.74, 6) is 0.857. The Morgan fingerprint density at radius 2 is 0.905 bits per heavy atom. The Balaban J connectivity index is 0.905. The second kappa shape index (κ2) is 15.5. The smallest absolute Gasteiger partial charge is 0.134 e. The van der Waals surface area contributed by atoms with E-state index in [1.807, 2.05) is 11.3 Å². The molecule has 11 aromatic rings. The lowest BCUT2D eigenvalue weighted by molar-refractivity contribution is 0.781. The van der Waals surface area contributed by atoms with Crippen molar-refractivity contribution in [3.05, 3.63) is 241 Å². The molecule has 1 atom stereocenters. The zero-order valence-electron chi connectivity index (χ0n) is 34.2. The lowest BCUT2D eigenvalue weighted by Gasteiger charge is -2.25. The number of nitrogens with zero attached hydrogens (tertiary/aromatic N) is 2. The standard InChI is InChI=1S/C59H39N3S/c1-4-12-38(13-5-1)40-20-26-43(27-21-40)53-37-54(62-59(61-53)46-30-24-41(25-31-46)39-14-6-2-7-15-39)44-28-22-42(23-29-44)47-32-33-48-49-34-35-51-56(58(49)63-55(48)36-47)50-18-10-11-19-52(50)60-57(51)45-16-8-3-9-17-45/h1-37,53H,(H,61,62). The zero-order chi connectivity index (χ0) is 41.7. The van der Waals surface area contributed by atoms with Gasteiger partial charge in [0.2, 0.25) is 0 Å². The van der Waals surface area contributed by atoms with Crippen LogP contribution in [0.15, 0.2) is 229 Å². The highest BCUT2D eigenvalue weighted by molar-refractivity contribution is 7.26. The van der Waals surface area contributed by atoms with Crippen molar-refractivity contribution in [3.63, 3.8) is 0 Å². The molecular formula is C59H39N3S. The number of thiophene rings is 1. The largest absolute Gasteiger partial charge is 0.359 e. The Morgan fingerprint density at radius 3 is 1.59 bits per heavy atom. The van der Waals surface area contributed by atoms with Crippen molar-refractivity contribution in [1.29, 1.82) is 0 Å². The average Bonchev–Trinajstić information content (AvgIpc) is 3.75. The summed E-state index contributed by atoms with van der Waals surface area (Å²) in [7, 11) is 0. The number of para-hydroxylation sites is 1. The van der Waals surface area contributed by atoms with Gasteiger partial charge >= 0.3 is 0 Å². The van der Waals surface area contributed by atoms with Gasteiger partial charge in [0.05, 0.1) is 22.9 Å². The summed E-state index contributed by atoms with van der Waals surface area (Å²) in [5, 5.41) is 9.98. The van der Waals surface area contributed by atoms with Gasteiger partial charge in [0.15, 0.2) is 0 Å². The first-order chi connectivity index (χ1) is 31.2. The number of fused-ring (bicyclic) bond motifs is 7. The van der Waals surface area contributed by atoms with E-state index in [2.05, 4.69) is 230 Å². The molecule has 12 rings (SSSR count). The van der Waals surface area contributed by atoms with E-state index in [9.17, 15) is 0 Å². The van der Waals surface area contributed by atoms with Crippen molar-refractivity contribution in [2.45, 2.75) is 6.04 Å². The van der Waals surface area contributed by atoms with Gasteiger partial charge in [-0.05, 0) is 62.7 Å². The molecule has 0 amide bonds. The Kier molecular flexibility index (Phi) is 9.09. The number of amidine groups is 1. The van der Waals surface area contributed by atoms with Crippen LogP contribution in [0.2, 0.25) is 0 Å². The Bertz CT molecular complexity index is 3540. The van der Waals surface area contributed by atoms with Crippen molar-refractivity contribution < 1.29 is 0 Å². The molecule has 9 aromatic carbocycles. The molecule has 1 N–H and O–H groups in total. The van der Waals surface area contributed by atoms with Crippen molar-refractivity contribution in [2.75, 3.05) is 0 Å². The maximum Gasteiger partial charge on any atom is 0.134 e. The molecule has 0 fully saturated rings. The number of hydrogen-bond donors (Lipinski definition) is 1. The average molecular weight is 822 g/mol. The summed E-state index contributed by atoms with van der Waals surface area (Å²) in [6, 6.07) is 78.1. The van der Waals surface area contributed by atoms with Crippen LogP contribution in [-0.4, -0.2) is 10.8 Å². The molecule has 0 saturated carbocycles. The van der Waals surface area contributed by atoms with Crippen molar-refractivity contribution in [2.24, 2.45) is 4.99 Å². The first kappa shape index (κ1) is 36.9. The third-order valence-electron chi connectivity index (χ3n) is 12.4. The molecule has 1 aliphatic heterocycles. The van der Waals surface area contributed by atoms with E-state index in [0.29, 0.717) is 0 Å². The fraction of sp³-hybridized carbons (Fsp3) is 0.0169. The van der Waals surface area contributed by atoms with E-state index in [-0.39, 0.29) is 6.04 Å². The molecule has 3 nitrogen and oxygen atoms in total. The molecule has 0 aliphatic carbocycles. The van der Waals surface area contributed by atoms with Gasteiger partial charge in [0.25, 0.3) is 0 Å². The second-order valence-electron chi connectivity index (χ2n) is 16.2. The minimum atomic E-state index is -0.0612. The van der Waals surface area contributed by atoms with Crippen molar-refractivity contribution in [3.8, 4) is 44.6 Å². The number of aliphatic imine (C=N–C) groups is 1. The molecule has 296 valence electrons. The van der Waals surface area contributed by atoms with Gasteiger partial charge in [-0.15, -0.1) is 11.3 Å². The van der Waals surface area contributed by atoms with Gasteiger partial charge < -0.3 is 5.32 Å². The first-order valence-corrected chi connectivity index (χ1v) is 22.2. The third-order valence-corrected chi connectivity index (χ3v) is 13.5. The minimum Gasteiger partial charge on any atom is -0.359 e.